The van der Waals surface area contributed by atoms with Crippen molar-refractivity contribution in [2.24, 2.45) is 0 Å². The quantitative estimate of drug-likeness (QED) is 0.0793. The number of rotatable bonds is 22. The van der Waals surface area contributed by atoms with Crippen LogP contribution in [-0.2, 0) is 0 Å². The topological polar surface area (TPSA) is 0 Å². The first-order chi connectivity index (χ1) is 13.7. The minimum absolute atomic E-state index is 1.23. The third-order valence-corrected chi connectivity index (χ3v) is 21.5. The summed E-state index contributed by atoms with van der Waals surface area (Å²) in [6.45, 7) is 6.94. The Kier molecular flexibility index (Phi) is 22.3. The van der Waals surface area contributed by atoms with E-state index in [-0.39, 0.29) is 0 Å². The van der Waals surface area contributed by atoms with E-state index in [0.29, 0.717) is 0 Å². The Morgan fingerprint density at radius 1 is 0.464 bits per heavy atom. The van der Waals surface area contributed by atoms with E-state index in [4.69, 9.17) is 6.42 Å². The summed E-state index contributed by atoms with van der Waals surface area (Å²) in [6, 6.07) is 0. The summed E-state index contributed by atoms with van der Waals surface area (Å²) >= 11 is -2.10. The number of hydrogen-bond donors (Lipinski definition) is 0. The van der Waals surface area contributed by atoms with Crippen molar-refractivity contribution >= 4 is 18.4 Å². The molecule has 28 heavy (non-hydrogen) atoms. The van der Waals surface area contributed by atoms with E-state index in [1.807, 2.05) is 0 Å². The van der Waals surface area contributed by atoms with E-state index in [1.54, 1.807) is 13.3 Å². The summed E-state index contributed by atoms with van der Waals surface area (Å²) < 4.78 is 6.01. The standard InChI is InChI=1S/3C8H17.C3H3.Sn/c3*1-3-5-7-8-6-4-2;1-3-2;/h3*1,3-8H2,2H3;1H,2H2;. The van der Waals surface area contributed by atoms with Gasteiger partial charge in [0.15, 0.2) is 0 Å². The van der Waals surface area contributed by atoms with Crippen LogP contribution in [-0.4, -0.2) is 18.4 Å². The van der Waals surface area contributed by atoms with Crippen molar-refractivity contribution in [2.45, 2.75) is 154 Å². The molecule has 0 bridgehead atoms. The summed E-state index contributed by atoms with van der Waals surface area (Å²) in [5, 5.41) is 0. The molecule has 0 amide bonds. The van der Waals surface area contributed by atoms with Crippen LogP contribution < -0.4 is 0 Å². The van der Waals surface area contributed by atoms with Gasteiger partial charge >= 0.3 is 185 Å². The van der Waals surface area contributed by atoms with Crippen LogP contribution in [0.1, 0.15) is 136 Å². The van der Waals surface area contributed by atoms with Gasteiger partial charge in [0.2, 0.25) is 0 Å². The van der Waals surface area contributed by atoms with Gasteiger partial charge in [0, 0.05) is 0 Å². The van der Waals surface area contributed by atoms with Gasteiger partial charge in [0.05, 0.1) is 0 Å². The first kappa shape index (κ1) is 28.4. The average Bonchev–Trinajstić information content (AvgIpc) is 2.70. The third-order valence-electron chi connectivity index (χ3n) is 6.66. The van der Waals surface area contributed by atoms with Gasteiger partial charge in [-0.1, -0.05) is 0 Å². The molecule has 0 radical (unpaired) electrons. The van der Waals surface area contributed by atoms with Crippen molar-refractivity contribution in [3.05, 3.63) is 0 Å². The van der Waals surface area contributed by atoms with E-state index in [1.165, 1.54) is 120 Å². The van der Waals surface area contributed by atoms with Crippen LogP contribution >= 0.6 is 0 Å². The molecule has 0 heterocycles. The Balaban J connectivity index is 4.42. The SMILES string of the molecule is C#C[CH2][Sn]([CH2]CCCCCCC)([CH2]CCCCCCC)[CH2]CCCCCCC. The van der Waals surface area contributed by atoms with Crippen LogP contribution in [0.4, 0.5) is 0 Å². The van der Waals surface area contributed by atoms with Crippen LogP contribution in [0.25, 0.3) is 0 Å². The molecule has 0 aliphatic carbocycles. The maximum absolute atomic E-state index is 5.93. The normalized spacial score (nSPS) is 11.6. The molecule has 0 atom stereocenters. The van der Waals surface area contributed by atoms with Gasteiger partial charge in [-0.05, 0) is 0 Å². The van der Waals surface area contributed by atoms with Gasteiger partial charge in [-0.15, -0.1) is 0 Å². The molecule has 0 aromatic carbocycles. The maximum atomic E-state index is 5.93. The van der Waals surface area contributed by atoms with E-state index >= 15 is 0 Å². The van der Waals surface area contributed by atoms with Crippen molar-refractivity contribution in [3.63, 3.8) is 0 Å². The van der Waals surface area contributed by atoms with Gasteiger partial charge in [-0.2, -0.15) is 0 Å². The number of terminal acetylenes is 1. The van der Waals surface area contributed by atoms with Crippen LogP contribution in [0.5, 0.6) is 0 Å². The molecule has 0 N–H and O–H groups in total. The van der Waals surface area contributed by atoms with E-state index in [0.717, 1.165) is 0 Å². The second kappa shape index (κ2) is 22.1. The fourth-order valence-electron chi connectivity index (χ4n) is 4.70. The van der Waals surface area contributed by atoms with Crippen LogP contribution in [0.2, 0.25) is 17.7 Å². The zero-order valence-corrected chi connectivity index (χ0v) is 23.0. The van der Waals surface area contributed by atoms with E-state index in [2.05, 4.69) is 26.7 Å². The molecular formula is C27H54Sn. The molecule has 0 fully saturated rings. The molecule has 0 aromatic rings. The minimum atomic E-state index is -2.10. The Bertz CT molecular complexity index is 300. The molecule has 0 rings (SSSR count). The third kappa shape index (κ3) is 17.2. The number of unbranched alkanes of at least 4 members (excludes halogenated alkanes) is 15. The molecule has 0 saturated carbocycles. The second-order valence-corrected chi connectivity index (χ2v) is 23.3. The summed E-state index contributed by atoms with van der Waals surface area (Å²) in [6.07, 6.45) is 31.9. The Morgan fingerprint density at radius 2 is 0.750 bits per heavy atom. The molecule has 0 nitrogen and oxygen atoms in total. The molecule has 0 aromatic heterocycles. The van der Waals surface area contributed by atoms with Gasteiger partial charge in [-0.25, -0.2) is 0 Å². The molecule has 0 aliphatic heterocycles. The predicted molar refractivity (Wildman–Crippen MR) is 134 cm³/mol. The van der Waals surface area contributed by atoms with Crippen molar-refractivity contribution in [3.8, 4) is 12.3 Å². The Hall–Kier alpha value is 0.359. The van der Waals surface area contributed by atoms with Crippen LogP contribution in [0.15, 0.2) is 0 Å². The summed E-state index contributed by atoms with van der Waals surface area (Å²) in [5.41, 5.74) is 0. The molecule has 0 spiro atoms. The van der Waals surface area contributed by atoms with Crippen LogP contribution in [0, 0.1) is 12.3 Å². The fourth-order valence-corrected chi connectivity index (χ4v) is 18.2. The Labute approximate surface area is 184 Å². The van der Waals surface area contributed by atoms with Gasteiger partial charge in [-0.3, -0.25) is 0 Å². The van der Waals surface area contributed by atoms with Crippen LogP contribution in [0.3, 0.4) is 0 Å². The summed E-state index contributed by atoms with van der Waals surface area (Å²) in [5.74, 6) is 3.19. The molecule has 0 saturated heterocycles. The van der Waals surface area contributed by atoms with Crippen molar-refractivity contribution < 1.29 is 0 Å². The van der Waals surface area contributed by atoms with Gasteiger partial charge < -0.3 is 0 Å². The predicted octanol–water partition coefficient (Wildman–Crippen LogP) is 10.1. The zero-order chi connectivity index (χ0) is 20.8. The Morgan fingerprint density at radius 3 is 1.04 bits per heavy atom. The van der Waals surface area contributed by atoms with Gasteiger partial charge in [0.25, 0.3) is 0 Å². The first-order valence-corrected chi connectivity index (χ1v) is 21.3. The molecular weight excluding hydrogens is 443 g/mol. The first-order valence-electron chi connectivity index (χ1n) is 13.2. The monoisotopic (exact) mass is 498 g/mol. The molecule has 0 unspecified atom stereocenters. The zero-order valence-electron chi connectivity index (χ0n) is 20.1. The van der Waals surface area contributed by atoms with Gasteiger partial charge in [0.1, 0.15) is 0 Å². The second-order valence-electron chi connectivity index (χ2n) is 9.43. The molecule has 166 valence electrons. The average molecular weight is 497 g/mol. The van der Waals surface area contributed by atoms with E-state index < -0.39 is 18.4 Å². The van der Waals surface area contributed by atoms with Crippen molar-refractivity contribution in [1.82, 2.24) is 0 Å². The summed E-state index contributed by atoms with van der Waals surface area (Å²) in [7, 11) is 0. The number of hydrogen-bond acceptors (Lipinski definition) is 0. The molecule has 1 heteroatoms. The van der Waals surface area contributed by atoms with Crippen molar-refractivity contribution in [1.29, 1.82) is 0 Å². The fraction of sp³-hybridized carbons (Fsp3) is 0.926. The molecule has 0 aliphatic rings. The van der Waals surface area contributed by atoms with E-state index in [9.17, 15) is 0 Å². The summed E-state index contributed by atoms with van der Waals surface area (Å²) in [4.78, 5) is 0. The van der Waals surface area contributed by atoms with Crippen molar-refractivity contribution in [2.75, 3.05) is 0 Å².